The zero-order valence-electron chi connectivity index (χ0n) is 7.55. The molecule has 1 aliphatic heterocycles. The van der Waals surface area contributed by atoms with E-state index in [4.69, 9.17) is 0 Å². The Hall–Kier alpha value is -1.09. The highest BCUT2D eigenvalue weighted by Gasteiger charge is 2.16. The molecule has 1 aliphatic rings. The highest BCUT2D eigenvalue weighted by Crippen LogP contribution is 2.19. The minimum atomic E-state index is 0.0434. The lowest BCUT2D eigenvalue weighted by molar-refractivity contribution is 0.410. The van der Waals surface area contributed by atoms with Crippen LogP contribution in [0.5, 0.6) is 0 Å². The van der Waals surface area contributed by atoms with Crippen molar-refractivity contribution in [1.29, 1.82) is 0 Å². The standard InChI is InChI=1S/C10H14N2O/c13-10-8(4-3-7-12-10)9-5-1-2-6-11-9/h3-4,7,9,11H,1-2,5-6H2,(H,12,13)/t9-/m1/s1. The first-order valence-corrected chi connectivity index (χ1v) is 4.79. The topological polar surface area (TPSA) is 44.9 Å². The second-order valence-electron chi connectivity index (χ2n) is 3.46. The van der Waals surface area contributed by atoms with Crippen LogP contribution in [0, 0.1) is 0 Å². The van der Waals surface area contributed by atoms with E-state index in [9.17, 15) is 4.79 Å². The molecule has 0 saturated carbocycles. The molecule has 2 heterocycles. The Morgan fingerprint density at radius 3 is 3.00 bits per heavy atom. The maximum atomic E-state index is 11.4. The molecule has 1 saturated heterocycles. The summed E-state index contributed by atoms with van der Waals surface area (Å²) >= 11 is 0. The molecule has 0 aliphatic carbocycles. The highest BCUT2D eigenvalue weighted by atomic mass is 16.1. The second-order valence-corrected chi connectivity index (χ2v) is 3.46. The molecule has 0 bridgehead atoms. The maximum Gasteiger partial charge on any atom is 0.252 e. The summed E-state index contributed by atoms with van der Waals surface area (Å²) in [4.78, 5) is 14.1. The Morgan fingerprint density at radius 1 is 1.38 bits per heavy atom. The van der Waals surface area contributed by atoms with Gasteiger partial charge in [0.05, 0.1) is 0 Å². The van der Waals surface area contributed by atoms with E-state index < -0.39 is 0 Å². The van der Waals surface area contributed by atoms with Gasteiger partial charge in [0.25, 0.3) is 5.56 Å². The summed E-state index contributed by atoms with van der Waals surface area (Å²) in [6.45, 7) is 1.03. The molecule has 13 heavy (non-hydrogen) atoms. The fourth-order valence-corrected chi connectivity index (χ4v) is 1.83. The van der Waals surface area contributed by atoms with Crippen LogP contribution < -0.4 is 10.9 Å². The van der Waals surface area contributed by atoms with E-state index in [1.165, 1.54) is 12.8 Å². The van der Waals surface area contributed by atoms with Crippen molar-refractivity contribution in [3.8, 4) is 0 Å². The van der Waals surface area contributed by atoms with Crippen LogP contribution in [0.25, 0.3) is 0 Å². The van der Waals surface area contributed by atoms with Crippen LogP contribution >= 0.6 is 0 Å². The zero-order chi connectivity index (χ0) is 9.10. The first-order valence-electron chi connectivity index (χ1n) is 4.79. The molecule has 0 radical (unpaired) electrons. The maximum absolute atomic E-state index is 11.4. The summed E-state index contributed by atoms with van der Waals surface area (Å²) in [7, 11) is 0. The molecule has 1 aromatic rings. The second kappa shape index (κ2) is 3.75. The number of nitrogens with one attached hydrogen (secondary N) is 2. The average Bonchev–Trinajstić information content (AvgIpc) is 2.20. The van der Waals surface area contributed by atoms with Gasteiger partial charge in [-0.3, -0.25) is 4.79 Å². The monoisotopic (exact) mass is 178 g/mol. The summed E-state index contributed by atoms with van der Waals surface area (Å²) in [5, 5.41) is 3.36. The van der Waals surface area contributed by atoms with Gasteiger partial charge < -0.3 is 10.3 Å². The number of aromatic nitrogens is 1. The number of aromatic amines is 1. The van der Waals surface area contributed by atoms with Crippen LogP contribution in [-0.2, 0) is 0 Å². The molecule has 2 rings (SSSR count). The third kappa shape index (κ3) is 1.80. The van der Waals surface area contributed by atoms with Gasteiger partial charge in [0.2, 0.25) is 0 Å². The summed E-state index contributed by atoms with van der Waals surface area (Å²) in [5.74, 6) is 0. The molecular formula is C10H14N2O. The van der Waals surface area contributed by atoms with Gasteiger partial charge in [-0.25, -0.2) is 0 Å². The van der Waals surface area contributed by atoms with Crippen molar-refractivity contribution in [1.82, 2.24) is 10.3 Å². The molecule has 0 spiro atoms. The Bertz CT molecular complexity index is 326. The lowest BCUT2D eigenvalue weighted by Gasteiger charge is -2.22. The Kier molecular flexibility index (Phi) is 2.45. The van der Waals surface area contributed by atoms with E-state index >= 15 is 0 Å². The van der Waals surface area contributed by atoms with E-state index in [1.54, 1.807) is 6.20 Å². The summed E-state index contributed by atoms with van der Waals surface area (Å²) < 4.78 is 0. The normalized spacial score (nSPS) is 22.9. The SMILES string of the molecule is O=c1[nH]cccc1[C@H]1CCCCN1. The number of rotatable bonds is 1. The number of hydrogen-bond acceptors (Lipinski definition) is 2. The molecule has 0 aromatic carbocycles. The van der Waals surface area contributed by atoms with Crippen LogP contribution in [-0.4, -0.2) is 11.5 Å². The lowest BCUT2D eigenvalue weighted by Crippen LogP contribution is -2.31. The molecule has 3 nitrogen and oxygen atoms in total. The van der Waals surface area contributed by atoms with E-state index in [0.717, 1.165) is 18.5 Å². The van der Waals surface area contributed by atoms with Crippen molar-refractivity contribution in [2.24, 2.45) is 0 Å². The van der Waals surface area contributed by atoms with Crippen molar-refractivity contribution in [2.45, 2.75) is 25.3 Å². The van der Waals surface area contributed by atoms with Gasteiger partial charge in [-0.05, 0) is 25.5 Å². The molecule has 0 unspecified atom stereocenters. The van der Waals surface area contributed by atoms with E-state index in [0.29, 0.717) is 0 Å². The largest absolute Gasteiger partial charge is 0.329 e. The summed E-state index contributed by atoms with van der Waals surface area (Å²) in [6.07, 6.45) is 5.19. The molecule has 70 valence electrons. The van der Waals surface area contributed by atoms with Gasteiger partial charge in [0.1, 0.15) is 0 Å². The Balaban J connectivity index is 2.24. The van der Waals surface area contributed by atoms with E-state index in [2.05, 4.69) is 10.3 Å². The summed E-state index contributed by atoms with van der Waals surface area (Å²) in [5.41, 5.74) is 0.920. The fraction of sp³-hybridized carbons (Fsp3) is 0.500. The third-order valence-corrected chi connectivity index (χ3v) is 2.53. The Morgan fingerprint density at radius 2 is 2.31 bits per heavy atom. The van der Waals surface area contributed by atoms with Gasteiger partial charge in [0.15, 0.2) is 0 Å². The van der Waals surface area contributed by atoms with Crippen molar-refractivity contribution in [3.63, 3.8) is 0 Å². The van der Waals surface area contributed by atoms with Gasteiger partial charge in [-0.15, -0.1) is 0 Å². The number of H-pyrrole nitrogens is 1. The molecule has 1 atom stereocenters. The zero-order valence-corrected chi connectivity index (χ0v) is 7.55. The molecule has 1 fully saturated rings. The van der Waals surface area contributed by atoms with E-state index in [-0.39, 0.29) is 11.6 Å². The predicted octanol–water partition coefficient (Wildman–Crippen LogP) is 1.19. The van der Waals surface area contributed by atoms with Crippen molar-refractivity contribution in [3.05, 3.63) is 34.2 Å². The highest BCUT2D eigenvalue weighted by molar-refractivity contribution is 5.14. The van der Waals surface area contributed by atoms with Crippen molar-refractivity contribution >= 4 is 0 Å². The summed E-state index contributed by atoms with van der Waals surface area (Å²) in [6, 6.07) is 4.05. The van der Waals surface area contributed by atoms with Crippen LogP contribution in [0.1, 0.15) is 30.9 Å². The molecule has 1 aromatic heterocycles. The van der Waals surface area contributed by atoms with Crippen LogP contribution in [0.2, 0.25) is 0 Å². The van der Waals surface area contributed by atoms with Gasteiger partial charge in [-0.1, -0.05) is 12.5 Å². The fourth-order valence-electron chi connectivity index (χ4n) is 1.83. The minimum Gasteiger partial charge on any atom is -0.329 e. The first kappa shape index (κ1) is 8.51. The molecule has 2 N–H and O–H groups in total. The number of pyridine rings is 1. The quantitative estimate of drug-likeness (QED) is 0.678. The first-order chi connectivity index (χ1) is 6.38. The number of hydrogen-bond donors (Lipinski definition) is 2. The van der Waals surface area contributed by atoms with Gasteiger partial charge in [0, 0.05) is 17.8 Å². The average molecular weight is 178 g/mol. The predicted molar refractivity (Wildman–Crippen MR) is 51.7 cm³/mol. The lowest BCUT2D eigenvalue weighted by atomic mass is 9.99. The number of piperidine rings is 1. The van der Waals surface area contributed by atoms with Crippen LogP contribution in [0.15, 0.2) is 23.1 Å². The molecular weight excluding hydrogens is 164 g/mol. The van der Waals surface area contributed by atoms with E-state index in [1.807, 2.05) is 12.1 Å². The van der Waals surface area contributed by atoms with Crippen LogP contribution in [0.4, 0.5) is 0 Å². The van der Waals surface area contributed by atoms with Gasteiger partial charge in [-0.2, -0.15) is 0 Å². The van der Waals surface area contributed by atoms with Gasteiger partial charge >= 0.3 is 0 Å². The molecule has 3 heteroatoms. The van der Waals surface area contributed by atoms with Crippen molar-refractivity contribution < 1.29 is 0 Å². The van der Waals surface area contributed by atoms with Crippen LogP contribution in [0.3, 0.4) is 0 Å². The third-order valence-electron chi connectivity index (χ3n) is 2.53. The molecule has 0 amide bonds. The minimum absolute atomic E-state index is 0.0434. The van der Waals surface area contributed by atoms with Crippen molar-refractivity contribution in [2.75, 3.05) is 6.54 Å². The smallest absolute Gasteiger partial charge is 0.252 e. The Labute approximate surface area is 77.2 Å².